The molecule has 0 fully saturated rings. The zero-order valence-electron chi connectivity index (χ0n) is 5.92. The summed E-state index contributed by atoms with van der Waals surface area (Å²) in [6, 6.07) is -0.716. The molecule has 0 aromatic rings. The molecule has 0 heterocycles. The Morgan fingerprint density at radius 2 is 2.10 bits per heavy atom. The Bertz CT molecular complexity index is 106. The number of rotatable bonds is 5. The van der Waals surface area contributed by atoms with Crippen LogP contribution in [-0.2, 0) is 4.79 Å². The van der Waals surface area contributed by atoms with Crippen molar-refractivity contribution in [3.8, 4) is 0 Å². The molecule has 4 heteroatoms. The molecule has 0 rings (SSSR count). The largest absolute Gasteiger partial charge is 0.480 e. The molecule has 5 N–H and O–H groups in total. The van der Waals surface area contributed by atoms with Crippen LogP contribution in [0.4, 0.5) is 0 Å². The fraction of sp³-hybridized carbons (Fsp3) is 0.833. The average Bonchev–Trinajstić information content (AvgIpc) is 1.88. The lowest BCUT2D eigenvalue weighted by Crippen LogP contribution is -2.29. The number of carbonyl (C=O) groups is 1. The topological polar surface area (TPSA) is 89.3 Å². The normalized spacial score (nSPS) is 13.0. The molecular formula is C6H14N2O2. The second-order valence-corrected chi connectivity index (χ2v) is 2.23. The second-order valence-electron chi connectivity index (χ2n) is 2.23. The van der Waals surface area contributed by atoms with Crippen LogP contribution in [0.1, 0.15) is 19.3 Å². The summed E-state index contributed by atoms with van der Waals surface area (Å²) in [6.07, 6.45) is 2.16. The zero-order valence-corrected chi connectivity index (χ0v) is 5.92. The van der Waals surface area contributed by atoms with Crippen LogP contribution in [-0.4, -0.2) is 23.7 Å². The van der Waals surface area contributed by atoms with Crippen molar-refractivity contribution in [1.82, 2.24) is 0 Å². The van der Waals surface area contributed by atoms with E-state index in [1.165, 1.54) is 0 Å². The van der Waals surface area contributed by atoms with Crippen molar-refractivity contribution in [1.29, 1.82) is 0 Å². The number of carboxylic acids is 1. The molecule has 0 aliphatic rings. The van der Waals surface area contributed by atoms with E-state index in [9.17, 15) is 4.79 Å². The molecule has 0 radical (unpaired) electrons. The predicted molar refractivity (Wildman–Crippen MR) is 38.5 cm³/mol. The van der Waals surface area contributed by atoms with E-state index in [2.05, 4.69) is 0 Å². The summed E-state index contributed by atoms with van der Waals surface area (Å²) in [6.45, 7) is 0.604. The highest BCUT2D eigenvalue weighted by molar-refractivity contribution is 5.72. The van der Waals surface area contributed by atoms with Crippen molar-refractivity contribution in [2.45, 2.75) is 25.3 Å². The minimum atomic E-state index is -0.933. The van der Waals surface area contributed by atoms with Gasteiger partial charge in [-0.1, -0.05) is 6.42 Å². The Kier molecular flexibility index (Phi) is 4.88. The third-order valence-electron chi connectivity index (χ3n) is 1.29. The molecular weight excluding hydrogens is 134 g/mol. The molecule has 1 unspecified atom stereocenters. The number of unbranched alkanes of at least 4 members (excludes halogenated alkanes) is 1. The lowest BCUT2D eigenvalue weighted by molar-refractivity contribution is -0.138. The molecule has 0 aromatic carbocycles. The van der Waals surface area contributed by atoms with Gasteiger partial charge in [0.1, 0.15) is 6.04 Å². The van der Waals surface area contributed by atoms with Crippen LogP contribution in [0, 0.1) is 0 Å². The van der Waals surface area contributed by atoms with Crippen molar-refractivity contribution in [3.63, 3.8) is 0 Å². The van der Waals surface area contributed by atoms with Crippen LogP contribution in [0.2, 0.25) is 0 Å². The van der Waals surface area contributed by atoms with E-state index in [0.717, 1.165) is 12.8 Å². The summed E-state index contributed by atoms with van der Waals surface area (Å²) in [4.78, 5) is 10.1. The van der Waals surface area contributed by atoms with E-state index < -0.39 is 12.0 Å². The molecule has 0 aliphatic heterocycles. The maximum atomic E-state index is 10.1. The average molecular weight is 148 g/mol. The lowest BCUT2D eigenvalue weighted by atomic mass is 10.2. The van der Waals surface area contributed by atoms with Gasteiger partial charge in [0.25, 0.3) is 0 Å². The van der Waals surface area contributed by atoms with Gasteiger partial charge in [0.2, 0.25) is 0 Å². The van der Waals surface area contributed by atoms with Crippen molar-refractivity contribution >= 4 is 5.97 Å². The Morgan fingerprint density at radius 3 is 2.50 bits per heavy atom. The quantitative estimate of drug-likeness (QED) is 0.279. The summed E-state index contributed by atoms with van der Waals surface area (Å²) in [7, 11) is 0. The van der Waals surface area contributed by atoms with Crippen LogP contribution in [0.5, 0.6) is 0 Å². The predicted octanol–water partition coefficient (Wildman–Crippen LogP) is -0.473. The third-order valence-corrected chi connectivity index (χ3v) is 1.29. The van der Waals surface area contributed by atoms with Gasteiger partial charge in [-0.2, -0.15) is 0 Å². The molecule has 0 aromatic heterocycles. The van der Waals surface area contributed by atoms with E-state index in [1.54, 1.807) is 0 Å². The fourth-order valence-corrected chi connectivity index (χ4v) is 0.632. The van der Waals surface area contributed by atoms with E-state index in [0.29, 0.717) is 13.0 Å². The first-order valence-electron chi connectivity index (χ1n) is 3.37. The van der Waals surface area contributed by atoms with Gasteiger partial charge in [0.05, 0.1) is 0 Å². The summed E-state index contributed by atoms with van der Waals surface area (Å²) < 4.78 is 0. The third kappa shape index (κ3) is 4.29. The standard InChI is InChI=1S/C6H14N2O2/c7-4-2-1-3-5(8)6(9)10/h5H,1-4,7-8H2,(H,9,10)/i4+1,8+1. The van der Waals surface area contributed by atoms with Gasteiger partial charge in [-0.15, -0.1) is 0 Å². The molecule has 0 spiro atoms. The van der Waals surface area contributed by atoms with Crippen LogP contribution in [0.15, 0.2) is 0 Å². The van der Waals surface area contributed by atoms with Gasteiger partial charge >= 0.3 is 5.97 Å². The maximum Gasteiger partial charge on any atom is 0.320 e. The molecule has 0 bridgehead atoms. The van der Waals surface area contributed by atoms with Crippen LogP contribution in [0.3, 0.4) is 0 Å². The first-order chi connectivity index (χ1) is 4.68. The number of nitrogens with two attached hydrogens (primary N) is 2. The first-order valence-corrected chi connectivity index (χ1v) is 3.37. The minimum absolute atomic E-state index is 0.520. The molecule has 0 saturated heterocycles. The summed E-state index contributed by atoms with van der Waals surface area (Å²) in [5.41, 5.74) is 10.4. The lowest BCUT2D eigenvalue weighted by Gasteiger charge is -2.03. The molecule has 0 saturated carbocycles. The Morgan fingerprint density at radius 1 is 1.50 bits per heavy atom. The number of aliphatic carboxylic acids is 1. The van der Waals surface area contributed by atoms with Gasteiger partial charge in [-0.3, -0.25) is 4.79 Å². The SMILES string of the molecule is N[13CH2]CCCC([15NH2])C(=O)O. The highest BCUT2D eigenvalue weighted by Crippen LogP contribution is 1.96. The summed E-state index contributed by atoms with van der Waals surface area (Å²) in [5.74, 6) is -0.933. The van der Waals surface area contributed by atoms with Gasteiger partial charge in [-0.25, -0.2) is 0 Å². The van der Waals surface area contributed by atoms with Gasteiger partial charge in [0, 0.05) is 0 Å². The number of carboxylic acid groups (broad SMARTS) is 1. The Hall–Kier alpha value is -0.610. The van der Waals surface area contributed by atoms with Crippen LogP contribution >= 0.6 is 0 Å². The first kappa shape index (κ1) is 9.39. The monoisotopic (exact) mass is 148 g/mol. The van der Waals surface area contributed by atoms with Gasteiger partial charge < -0.3 is 16.6 Å². The molecule has 1 atom stereocenters. The summed E-state index contributed by atoms with van der Waals surface area (Å²) >= 11 is 0. The molecule has 10 heavy (non-hydrogen) atoms. The molecule has 4 nitrogen and oxygen atoms in total. The van der Waals surface area contributed by atoms with Gasteiger partial charge in [-0.05, 0) is 19.4 Å². The second kappa shape index (κ2) is 5.20. The summed E-state index contributed by atoms with van der Waals surface area (Å²) in [5, 5.41) is 8.33. The number of hydrogen-bond donors (Lipinski definition) is 3. The van der Waals surface area contributed by atoms with Crippen molar-refractivity contribution in [2.24, 2.45) is 11.5 Å². The molecule has 0 amide bonds. The van der Waals surface area contributed by atoms with E-state index in [-0.39, 0.29) is 0 Å². The Labute approximate surface area is 60.2 Å². The van der Waals surface area contributed by atoms with Crippen molar-refractivity contribution in [3.05, 3.63) is 0 Å². The number of hydrogen-bond acceptors (Lipinski definition) is 3. The van der Waals surface area contributed by atoms with E-state index in [4.69, 9.17) is 16.6 Å². The van der Waals surface area contributed by atoms with Gasteiger partial charge in [0.15, 0.2) is 0 Å². The van der Waals surface area contributed by atoms with Crippen molar-refractivity contribution in [2.75, 3.05) is 6.54 Å². The minimum Gasteiger partial charge on any atom is -0.480 e. The van der Waals surface area contributed by atoms with E-state index in [1.807, 2.05) is 0 Å². The Balaban J connectivity index is 3.21. The molecule has 60 valence electrons. The zero-order chi connectivity index (χ0) is 7.98. The van der Waals surface area contributed by atoms with E-state index >= 15 is 0 Å². The van der Waals surface area contributed by atoms with Crippen molar-refractivity contribution < 1.29 is 9.90 Å². The molecule has 0 aliphatic carbocycles. The van der Waals surface area contributed by atoms with Crippen LogP contribution < -0.4 is 11.5 Å². The smallest absolute Gasteiger partial charge is 0.320 e. The highest BCUT2D eigenvalue weighted by atomic mass is 16.4. The maximum absolute atomic E-state index is 10.1. The fourth-order valence-electron chi connectivity index (χ4n) is 0.632. The highest BCUT2D eigenvalue weighted by Gasteiger charge is 2.09. The van der Waals surface area contributed by atoms with Crippen LogP contribution in [0.25, 0.3) is 0 Å².